The SMILES string of the molecule is c1ccc(-c2nc(-c3ccc(-c4ccccc4)c(-c4ccccc4)c3)nc(-c3ccccc3-c3cccc4ccc5nc(-c6ccccc6)oc5c34)n2)cc1. The molecule has 0 bridgehead atoms. The van der Waals surface area contributed by atoms with Gasteiger partial charge in [-0.2, -0.15) is 0 Å². The van der Waals surface area contributed by atoms with Gasteiger partial charge in [0.25, 0.3) is 0 Å². The van der Waals surface area contributed by atoms with Gasteiger partial charge in [-0.25, -0.2) is 19.9 Å². The molecule has 0 atom stereocenters. The third kappa shape index (κ3) is 6.04. The van der Waals surface area contributed by atoms with E-state index < -0.39 is 0 Å². The van der Waals surface area contributed by atoms with Gasteiger partial charge in [-0.3, -0.25) is 0 Å². The van der Waals surface area contributed by atoms with E-state index in [1.54, 1.807) is 0 Å². The molecule has 2 heterocycles. The number of aromatic nitrogens is 4. The zero-order chi connectivity index (χ0) is 36.6. The highest BCUT2D eigenvalue weighted by atomic mass is 16.3. The Morgan fingerprint density at radius 2 is 0.855 bits per heavy atom. The Morgan fingerprint density at radius 3 is 1.55 bits per heavy atom. The van der Waals surface area contributed by atoms with E-state index in [9.17, 15) is 0 Å². The Bertz CT molecular complexity index is 2960. The highest BCUT2D eigenvalue weighted by molar-refractivity contribution is 6.12. The normalized spacial score (nSPS) is 11.3. The van der Waals surface area contributed by atoms with E-state index in [1.165, 1.54) is 0 Å². The highest BCUT2D eigenvalue weighted by Crippen LogP contribution is 2.41. The van der Waals surface area contributed by atoms with Gasteiger partial charge in [0.1, 0.15) is 5.52 Å². The maximum Gasteiger partial charge on any atom is 0.227 e. The molecule has 8 aromatic carbocycles. The first-order valence-electron chi connectivity index (χ1n) is 18.3. The second-order valence-electron chi connectivity index (χ2n) is 13.4. The van der Waals surface area contributed by atoms with Gasteiger partial charge < -0.3 is 4.42 Å². The molecule has 0 aliphatic heterocycles. The van der Waals surface area contributed by atoms with Crippen molar-refractivity contribution in [2.24, 2.45) is 0 Å². The minimum absolute atomic E-state index is 0.583. The van der Waals surface area contributed by atoms with Crippen molar-refractivity contribution in [2.45, 2.75) is 0 Å². The van der Waals surface area contributed by atoms with E-state index in [0.717, 1.165) is 77.5 Å². The van der Waals surface area contributed by atoms with E-state index in [1.807, 2.05) is 84.9 Å². The average Bonchev–Trinajstić information content (AvgIpc) is 3.72. The van der Waals surface area contributed by atoms with Crippen LogP contribution in [0.3, 0.4) is 0 Å². The van der Waals surface area contributed by atoms with Gasteiger partial charge in [0, 0.05) is 27.6 Å². The molecular weight excluding hydrogens is 673 g/mol. The summed E-state index contributed by atoms with van der Waals surface area (Å²) in [5, 5.41) is 2.05. The molecule has 0 amide bonds. The number of rotatable bonds is 7. The third-order valence-corrected chi connectivity index (χ3v) is 9.99. The minimum Gasteiger partial charge on any atom is -0.435 e. The van der Waals surface area contributed by atoms with Gasteiger partial charge in [0.2, 0.25) is 5.89 Å². The summed E-state index contributed by atoms with van der Waals surface area (Å²) < 4.78 is 6.57. The summed E-state index contributed by atoms with van der Waals surface area (Å²) in [7, 11) is 0. The number of oxazole rings is 1. The fraction of sp³-hybridized carbons (Fsp3) is 0. The lowest BCUT2D eigenvalue weighted by atomic mass is 9.92. The van der Waals surface area contributed by atoms with Crippen LogP contribution >= 0.6 is 0 Å². The van der Waals surface area contributed by atoms with Crippen molar-refractivity contribution in [1.82, 2.24) is 19.9 Å². The van der Waals surface area contributed by atoms with Crippen LogP contribution in [0.25, 0.3) is 101 Å². The molecule has 0 unspecified atom stereocenters. The van der Waals surface area contributed by atoms with Crippen molar-refractivity contribution in [1.29, 1.82) is 0 Å². The predicted molar refractivity (Wildman–Crippen MR) is 223 cm³/mol. The van der Waals surface area contributed by atoms with Crippen LogP contribution in [0.4, 0.5) is 0 Å². The first-order chi connectivity index (χ1) is 27.3. The molecule has 258 valence electrons. The Balaban J connectivity index is 1.18. The Labute approximate surface area is 318 Å². The van der Waals surface area contributed by atoms with Crippen LogP contribution in [-0.2, 0) is 0 Å². The van der Waals surface area contributed by atoms with E-state index >= 15 is 0 Å². The molecule has 0 spiro atoms. The van der Waals surface area contributed by atoms with Crippen molar-refractivity contribution < 1.29 is 4.42 Å². The van der Waals surface area contributed by atoms with Crippen LogP contribution in [0, 0.1) is 0 Å². The Hall–Kier alpha value is -7.50. The fourth-order valence-corrected chi connectivity index (χ4v) is 7.35. The predicted octanol–water partition coefficient (Wildman–Crippen LogP) is 12.8. The second kappa shape index (κ2) is 13.8. The largest absolute Gasteiger partial charge is 0.435 e. The van der Waals surface area contributed by atoms with Gasteiger partial charge >= 0.3 is 0 Å². The molecule has 0 aliphatic carbocycles. The van der Waals surface area contributed by atoms with Crippen LogP contribution in [0.2, 0.25) is 0 Å². The molecule has 0 saturated carbocycles. The standard InChI is InChI=1S/C50H32N4O/c1-5-16-33(17-6-1)39-30-28-38(32-43(39)34-18-7-2-8-19-34)48-52-47(36-20-9-3-10-21-36)53-49(54-48)42-26-14-13-25-40(42)41-27-15-24-35-29-31-44-46(45(35)41)55-50(51-44)37-22-11-4-12-23-37/h1-32H. The van der Waals surface area contributed by atoms with Crippen LogP contribution < -0.4 is 0 Å². The molecule has 10 rings (SSSR count). The smallest absolute Gasteiger partial charge is 0.227 e. The molecule has 0 saturated heterocycles. The lowest BCUT2D eigenvalue weighted by Crippen LogP contribution is -2.01. The monoisotopic (exact) mass is 704 g/mol. The van der Waals surface area contributed by atoms with Crippen molar-refractivity contribution in [3.8, 4) is 79.0 Å². The van der Waals surface area contributed by atoms with E-state index in [2.05, 4.69) is 109 Å². The maximum absolute atomic E-state index is 6.57. The van der Waals surface area contributed by atoms with Crippen LogP contribution in [0.15, 0.2) is 199 Å². The van der Waals surface area contributed by atoms with Gasteiger partial charge in [0.05, 0.1) is 0 Å². The summed E-state index contributed by atoms with van der Waals surface area (Å²) in [6.07, 6.45) is 0. The van der Waals surface area contributed by atoms with Crippen molar-refractivity contribution in [3.05, 3.63) is 194 Å². The number of hydrogen-bond acceptors (Lipinski definition) is 5. The summed E-state index contributed by atoms with van der Waals surface area (Å²) in [5.74, 6) is 2.37. The van der Waals surface area contributed by atoms with Gasteiger partial charge in [-0.15, -0.1) is 0 Å². The highest BCUT2D eigenvalue weighted by Gasteiger charge is 2.20. The van der Waals surface area contributed by atoms with Crippen LogP contribution in [0.5, 0.6) is 0 Å². The molecule has 5 nitrogen and oxygen atoms in total. The number of fused-ring (bicyclic) bond motifs is 3. The molecule has 10 aromatic rings. The van der Waals surface area contributed by atoms with Crippen LogP contribution in [-0.4, -0.2) is 19.9 Å². The molecule has 55 heavy (non-hydrogen) atoms. The Morgan fingerprint density at radius 1 is 0.309 bits per heavy atom. The number of benzene rings is 8. The molecule has 0 aliphatic rings. The zero-order valence-electron chi connectivity index (χ0n) is 29.7. The van der Waals surface area contributed by atoms with E-state index in [0.29, 0.717) is 23.4 Å². The van der Waals surface area contributed by atoms with Crippen molar-refractivity contribution >= 4 is 21.9 Å². The Kier molecular flexibility index (Phi) is 8.08. The molecule has 0 N–H and O–H groups in total. The molecule has 2 aromatic heterocycles. The fourth-order valence-electron chi connectivity index (χ4n) is 7.35. The molecular formula is C50H32N4O. The zero-order valence-corrected chi connectivity index (χ0v) is 29.7. The maximum atomic E-state index is 6.57. The first-order valence-corrected chi connectivity index (χ1v) is 18.3. The third-order valence-electron chi connectivity index (χ3n) is 9.99. The summed E-state index contributed by atoms with van der Waals surface area (Å²) in [5.41, 5.74) is 11.7. The molecule has 5 heteroatoms. The van der Waals surface area contributed by atoms with Crippen molar-refractivity contribution in [3.63, 3.8) is 0 Å². The molecule has 0 radical (unpaired) electrons. The summed E-state index contributed by atoms with van der Waals surface area (Å²) in [6, 6.07) is 66.4. The first kappa shape index (κ1) is 32.2. The van der Waals surface area contributed by atoms with Gasteiger partial charge in [-0.05, 0) is 63.0 Å². The van der Waals surface area contributed by atoms with Crippen molar-refractivity contribution in [2.75, 3.05) is 0 Å². The molecule has 0 fully saturated rings. The summed E-state index contributed by atoms with van der Waals surface area (Å²) in [6.45, 7) is 0. The summed E-state index contributed by atoms with van der Waals surface area (Å²) in [4.78, 5) is 20.4. The quantitative estimate of drug-likeness (QED) is 0.165. The lowest BCUT2D eigenvalue weighted by molar-refractivity contribution is 0.623. The topological polar surface area (TPSA) is 64.7 Å². The van der Waals surface area contributed by atoms with Gasteiger partial charge in [-0.1, -0.05) is 170 Å². The van der Waals surface area contributed by atoms with Gasteiger partial charge in [0.15, 0.2) is 23.1 Å². The summed E-state index contributed by atoms with van der Waals surface area (Å²) >= 11 is 0. The van der Waals surface area contributed by atoms with E-state index in [4.69, 9.17) is 24.4 Å². The number of hydrogen-bond donors (Lipinski definition) is 0. The number of nitrogens with zero attached hydrogens (tertiary/aromatic N) is 4. The lowest BCUT2D eigenvalue weighted by Gasteiger charge is -2.15. The van der Waals surface area contributed by atoms with E-state index in [-0.39, 0.29) is 0 Å². The minimum atomic E-state index is 0.583. The second-order valence-corrected chi connectivity index (χ2v) is 13.4. The van der Waals surface area contributed by atoms with Crippen LogP contribution in [0.1, 0.15) is 0 Å². The average molecular weight is 705 g/mol.